The largest absolute Gasteiger partial charge is 0.497 e. The molecule has 0 fully saturated rings. The summed E-state index contributed by atoms with van der Waals surface area (Å²) in [5.74, 6) is 1.67. The van der Waals surface area contributed by atoms with Crippen molar-refractivity contribution in [3.63, 3.8) is 0 Å². The Morgan fingerprint density at radius 1 is 1.09 bits per heavy atom. The molecule has 0 heterocycles. The second-order valence-corrected chi connectivity index (χ2v) is 6.40. The second-order valence-electron chi connectivity index (χ2n) is 5.23. The summed E-state index contributed by atoms with van der Waals surface area (Å²) in [7, 11) is 3.80. The number of halogens is 1. The van der Waals surface area contributed by atoms with E-state index in [0.29, 0.717) is 6.04 Å². The molecule has 0 aliphatic carbocycles. The summed E-state index contributed by atoms with van der Waals surface area (Å²) in [6, 6.07) is 15.2. The van der Waals surface area contributed by atoms with E-state index in [9.17, 15) is 4.39 Å². The molecule has 0 amide bonds. The van der Waals surface area contributed by atoms with Gasteiger partial charge >= 0.3 is 0 Å². The molecule has 0 saturated carbocycles. The lowest BCUT2D eigenvalue weighted by Crippen LogP contribution is -2.24. The number of rotatable bonds is 7. The van der Waals surface area contributed by atoms with E-state index in [1.165, 1.54) is 17.7 Å². The summed E-state index contributed by atoms with van der Waals surface area (Å²) in [5, 5.41) is 0. The van der Waals surface area contributed by atoms with Crippen molar-refractivity contribution in [2.45, 2.75) is 17.9 Å². The van der Waals surface area contributed by atoms with Crippen LogP contribution in [0, 0.1) is 5.82 Å². The van der Waals surface area contributed by atoms with E-state index in [4.69, 9.17) is 4.74 Å². The van der Waals surface area contributed by atoms with Crippen LogP contribution in [-0.4, -0.2) is 31.4 Å². The molecule has 22 heavy (non-hydrogen) atoms. The highest BCUT2D eigenvalue weighted by atomic mass is 32.2. The van der Waals surface area contributed by atoms with E-state index in [-0.39, 0.29) is 5.82 Å². The lowest BCUT2D eigenvalue weighted by Gasteiger charge is -2.25. The fraction of sp³-hybridized carbons (Fsp3) is 0.333. The number of hydrogen-bond acceptors (Lipinski definition) is 3. The highest BCUT2D eigenvalue weighted by Crippen LogP contribution is 2.23. The third-order valence-corrected chi connectivity index (χ3v) is 4.78. The molecular formula is C18H22FNOS. The van der Waals surface area contributed by atoms with Crippen molar-refractivity contribution >= 4 is 11.8 Å². The van der Waals surface area contributed by atoms with Gasteiger partial charge in [0.15, 0.2) is 0 Å². The van der Waals surface area contributed by atoms with Crippen molar-refractivity contribution in [3.8, 4) is 5.75 Å². The molecule has 0 N–H and O–H groups in total. The quantitative estimate of drug-likeness (QED) is 0.691. The van der Waals surface area contributed by atoms with Crippen LogP contribution in [0.4, 0.5) is 4.39 Å². The van der Waals surface area contributed by atoms with Crippen molar-refractivity contribution in [1.82, 2.24) is 4.90 Å². The maximum Gasteiger partial charge on any atom is 0.123 e. The summed E-state index contributed by atoms with van der Waals surface area (Å²) >= 11 is 1.75. The van der Waals surface area contributed by atoms with Gasteiger partial charge in [-0.1, -0.05) is 12.1 Å². The molecule has 118 valence electrons. The average molecular weight is 319 g/mol. The van der Waals surface area contributed by atoms with Gasteiger partial charge in [0.25, 0.3) is 0 Å². The van der Waals surface area contributed by atoms with E-state index in [0.717, 1.165) is 22.9 Å². The molecule has 1 unspecified atom stereocenters. The van der Waals surface area contributed by atoms with Crippen molar-refractivity contribution in [2.75, 3.05) is 26.5 Å². The highest BCUT2D eigenvalue weighted by molar-refractivity contribution is 7.99. The van der Waals surface area contributed by atoms with E-state index in [1.54, 1.807) is 18.9 Å². The minimum absolute atomic E-state index is 0.186. The van der Waals surface area contributed by atoms with E-state index >= 15 is 0 Å². The first-order valence-electron chi connectivity index (χ1n) is 7.32. The monoisotopic (exact) mass is 319 g/mol. The number of methoxy groups -OCH3 is 1. The maximum absolute atomic E-state index is 12.9. The molecule has 0 aliphatic heterocycles. The van der Waals surface area contributed by atoms with Gasteiger partial charge in [0.05, 0.1) is 7.11 Å². The summed E-state index contributed by atoms with van der Waals surface area (Å²) in [6.07, 6.45) is 0. The smallest absolute Gasteiger partial charge is 0.123 e. The van der Waals surface area contributed by atoms with Crippen LogP contribution in [0.15, 0.2) is 53.4 Å². The average Bonchev–Trinajstić information content (AvgIpc) is 2.56. The first-order valence-corrected chi connectivity index (χ1v) is 8.31. The minimum Gasteiger partial charge on any atom is -0.497 e. The SMILES string of the molecule is COc1ccc(C(C)N(C)CCSc2ccc(F)cc2)cc1. The zero-order valence-corrected chi connectivity index (χ0v) is 14.1. The van der Waals surface area contributed by atoms with Crippen LogP contribution in [0.3, 0.4) is 0 Å². The molecule has 1 atom stereocenters. The van der Waals surface area contributed by atoms with Gasteiger partial charge in [-0.25, -0.2) is 4.39 Å². The molecule has 0 aliphatic rings. The Bertz CT molecular complexity index is 571. The third-order valence-electron chi connectivity index (χ3n) is 3.79. The predicted octanol–water partition coefficient (Wildman–Crippen LogP) is 4.62. The first kappa shape index (κ1) is 16.8. The summed E-state index contributed by atoms with van der Waals surface area (Å²) < 4.78 is 18.0. The van der Waals surface area contributed by atoms with E-state index in [2.05, 4.69) is 31.0 Å². The standard InChI is InChI=1S/C18H22FNOS/c1-14(15-4-8-17(21-3)9-5-15)20(2)12-13-22-18-10-6-16(19)7-11-18/h4-11,14H,12-13H2,1-3H3. The maximum atomic E-state index is 12.9. The fourth-order valence-electron chi connectivity index (χ4n) is 2.17. The van der Waals surface area contributed by atoms with Gasteiger partial charge in [0.2, 0.25) is 0 Å². The van der Waals surface area contributed by atoms with Crippen LogP contribution in [0.1, 0.15) is 18.5 Å². The van der Waals surface area contributed by atoms with Crippen LogP contribution in [-0.2, 0) is 0 Å². The summed E-state index contributed by atoms with van der Waals surface area (Å²) in [4.78, 5) is 3.42. The normalized spacial score (nSPS) is 12.4. The topological polar surface area (TPSA) is 12.5 Å². The van der Waals surface area contributed by atoms with Gasteiger partial charge in [-0.3, -0.25) is 4.90 Å². The second kappa shape index (κ2) is 8.20. The van der Waals surface area contributed by atoms with Crippen molar-refractivity contribution in [2.24, 2.45) is 0 Å². The number of hydrogen-bond donors (Lipinski definition) is 0. The summed E-state index contributed by atoms with van der Waals surface area (Å²) in [5.41, 5.74) is 1.27. The molecule has 0 radical (unpaired) electrons. The Morgan fingerprint density at radius 3 is 2.32 bits per heavy atom. The Kier molecular flexibility index (Phi) is 6.28. The van der Waals surface area contributed by atoms with Crippen LogP contribution >= 0.6 is 11.8 Å². The molecule has 0 aromatic heterocycles. The number of benzene rings is 2. The lowest BCUT2D eigenvalue weighted by molar-refractivity contribution is 0.278. The molecule has 2 nitrogen and oxygen atoms in total. The number of thioether (sulfide) groups is 1. The van der Waals surface area contributed by atoms with Crippen molar-refractivity contribution in [3.05, 3.63) is 59.9 Å². The molecule has 0 spiro atoms. The van der Waals surface area contributed by atoms with Crippen LogP contribution < -0.4 is 4.74 Å². The Balaban J connectivity index is 1.82. The van der Waals surface area contributed by atoms with Crippen LogP contribution in [0.5, 0.6) is 5.75 Å². The zero-order valence-electron chi connectivity index (χ0n) is 13.3. The molecule has 0 saturated heterocycles. The molecular weight excluding hydrogens is 297 g/mol. The zero-order chi connectivity index (χ0) is 15.9. The molecule has 2 aromatic carbocycles. The predicted molar refractivity (Wildman–Crippen MR) is 91.2 cm³/mol. The van der Waals surface area contributed by atoms with Crippen LogP contribution in [0.2, 0.25) is 0 Å². The number of ether oxygens (including phenoxy) is 1. The third kappa shape index (κ3) is 4.75. The van der Waals surface area contributed by atoms with Crippen molar-refractivity contribution < 1.29 is 9.13 Å². The fourth-order valence-corrected chi connectivity index (χ4v) is 3.11. The Labute approximate surface area is 136 Å². The molecule has 4 heteroatoms. The van der Waals surface area contributed by atoms with Crippen molar-refractivity contribution in [1.29, 1.82) is 0 Å². The molecule has 2 rings (SSSR count). The van der Waals surface area contributed by atoms with Crippen LogP contribution in [0.25, 0.3) is 0 Å². The molecule has 2 aromatic rings. The lowest BCUT2D eigenvalue weighted by atomic mass is 10.1. The Morgan fingerprint density at radius 2 is 1.73 bits per heavy atom. The Hall–Kier alpha value is -1.52. The van der Waals surface area contributed by atoms with Gasteiger partial charge in [-0.15, -0.1) is 11.8 Å². The summed E-state index contributed by atoms with van der Waals surface area (Å²) in [6.45, 7) is 3.17. The van der Waals surface area contributed by atoms with Gasteiger partial charge < -0.3 is 4.74 Å². The minimum atomic E-state index is -0.186. The first-order chi connectivity index (χ1) is 10.6. The van der Waals surface area contributed by atoms with Gasteiger partial charge in [-0.05, 0) is 55.9 Å². The van der Waals surface area contributed by atoms with E-state index < -0.39 is 0 Å². The van der Waals surface area contributed by atoms with E-state index in [1.807, 2.05) is 24.3 Å². The van der Waals surface area contributed by atoms with Gasteiger partial charge in [-0.2, -0.15) is 0 Å². The molecule has 0 bridgehead atoms. The van der Waals surface area contributed by atoms with Gasteiger partial charge in [0, 0.05) is 23.2 Å². The number of nitrogens with zero attached hydrogens (tertiary/aromatic N) is 1. The van der Waals surface area contributed by atoms with Gasteiger partial charge in [0.1, 0.15) is 11.6 Å². The highest BCUT2D eigenvalue weighted by Gasteiger charge is 2.11.